The van der Waals surface area contributed by atoms with Crippen molar-refractivity contribution in [2.24, 2.45) is 11.8 Å². The summed E-state index contributed by atoms with van der Waals surface area (Å²) in [4.78, 5) is 0.370. The second-order valence-corrected chi connectivity index (χ2v) is 8.95. The number of aryl methyl sites for hydroxylation is 1. The summed E-state index contributed by atoms with van der Waals surface area (Å²) in [6.45, 7) is 1.96. The first-order valence-corrected chi connectivity index (χ1v) is 10.2. The van der Waals surface area contributed by atoms with Crippen molar-refractivity contribution in [1.82, 2.24) is 4.72 Å². The van der Waals surface area contributed by atoms with E-state index < -0.39 is 10.0 Å². The summed E-state index contributed by atoms with van der Waals surface area (Å²) >= 11 is 0. The quantitative estimate of drug-likeness (QED) is 0.929. The van der Waals surface area contributed by atoms with E-state index in [1.807, 2.05) is 19.1 Å². The maximum atomic E-state index is 12.8. The number of hydrogen-bond acceptors (Lipinski definition) is 2. The van der Waals surface area contributed by atoms with E-state index in [0.717, 1.165) is 31.2 Å². The highest BCUT2D eigenvalue weighted by Crippen LogP contribution is 2.40. The summed E-state index contributed by atoms with van der Waals surface area (Å²) in [5.41, 5.74) is 3.85. The average Bonchev–Trinajstić information content (AvgIpc) is 2.82. The lowest BCUT2D eigenvalue weighted by atomic mass is 9.94. The van der Waals surface area contributed by atoms with E-state index in [-0.39, 0.29) is 6.04 Å². The maximum Gasteiger partial charge on any atom is 0.240 e. The van der Waals surface area contributed by atoms with Crippen molar-refractivity contribution in [2.75, 3.05) is 0 Å². The van der Waals surface area contributed by atoms with E-state index in [0.29, 0.717) is 16.7 Å². The Morgan fingerprint density at radius 3 is 1.96 bits per heavy atom. The topological polar surface area (TPSA) is 46.2 Å². The van der Waals surface area contributed by atoms with Gasteiger partial charge in [-0.1, -0.05) is 42.0 Å². The molecule has 0 spiro atoms. The number of hydrogen-bond donors (Lipinski definition) is 1. The van der Waals surface area contributed by atoms with Crippen LogP contribution in [0.4, 0.5) is 0 Å². The van der Waals surface area contributed by atoms with Gasteiger partial charge in [-0.2, -0.15) is 0 Å². The van der Waals surface area contributed by atoms with Crippen LogP contribution in [0.3, 0.4) is 0 Å². The Labute approximate surface area is 144 Å². The molecule has 4 rings (SSSR count). The van der Waals surface area contributed by atoms with Gasteiger partial charge in [-0.3, -0.25) is 0 Å². The predicted octanol–water partition coefficient (Wildman–Crippen LogP) is 3.47. The van der Waals surface area contributed by atoms with Crippen molar-refractivity contribution < 1.29 is 8.42 Å². The second-order valence-electron chi connectivity index (χ2n) is 7.23. The Hall–Kier alpha value is -1.65. The van der Waals surface area contributed by atoms with Crippen LogP contribution in [0, 0.1) is 18.8 Å². The monoisotopic (exact) mass is 341 g/mol. The molecule has 0 saturated heterocycles. The maximum absolute atomic E-state index is 12.8. The third kappa shape index (κ3) is 2.89. The fraction of sp³-hybridized carbons (Fsp3) is 0.400. The van der Waals surface area contributed by atoms with Crippen molar-refractivity contribution in [3.8, 4) is 0 Å². The number of sulfonamides is 1. The van der Waals surface area contributed by atoms with Crippen LogP contribution in [0.25, 0.3) is 0 Å². The van der Waals surface area contributed by atoms with Gasteiger partial charge in [0.25, 0.3) is 0 Å². The van der Waals surface area contributed by atoms with Gasteiger partial charge in [-0.25, -0.2) is 13.1 Å². The van der Waals surface area contributed by atoms with E-state index >= 15 is 0 Å². The highest BCUT2D eigenvalue weighted by atomic mass is 32.2. The normalized spacial score (nSPS) is 26.0. The molecular weight excluding hydrogens is 318 g/mol. The first kappa shape index (κ1) is 15.9. The molecule has 2 aliphatic rings. The minimum atomic E-state index is -3.46. The number of benzene rings is 2. The first-order chi connectivity index (χ1) is 11.5. The van der Waals surface area contributed by atoms with Crippen molar-refractivity contribution in [1.29, 1.82) is 0 Å². The molecule has 2 aromatic carbocycles. The third-order valence-electron chi connectivity index (χ3n) is 5.63. The molecular formula is C20H23NO2S. The van der Waals surface area contributed by atoms with Crippen molar-refractivity contribution in [2.45, 2.75) is 43.5 Å². The summed E-state index contributed by atoms with van der Waals surface area (Å²) in [6.07, 6.45) is 4.18. The standard InChI is InChI=1S/C20H23NO2S/c1-14-6-10-19(11-7-14)24(22,23)21-20-17-8-9-18(20)13-16-5-3-2-4-15(16)12-17/h2-7,10-11,17-18,20-21H,8-9,12-13H2,1H3/t17-,18+,20?. The van der Waals surface area contributed by atoms with E-state index in [4.69, 9.17) is 0 Å². The zero-order valence-corrected chi connectivity index (χ0v) is 14.7. The van der Waals surface area contributed by atoms with Gasteiger partial charge in [0.15, 0.2) is 0 Å². The lowest BCUT2D eigenvalue weighted by Crippen LogP contribution is -2.41. The van der Waals surface area contributed by atoms with Gasteiger partial charge in [0.1, 0.15) is 0 Å². The Kier molecular flexibility index (Phi) is 3.97. The highest BCUT2D eigenvalue weighted by molar-refractivity contribution is 7.89. The average molecular weight is 341 g/mol. The molecule has 3 nitrogen and oxygen atoms in total. The second kappa shape index (κ2) is 6.01. The van der Waals surface area contributed by atoms with Crippen LogP contribution in [0.15, 0.2) is 53.4 Å². The van der Waals surface area contributed by atoms with Crippen LogP contribution in [-0.4, -0.2) is 14.5 Å². The minimum Gasteiger partial charge on any atom is -0.207 e. The van der Waals surface area contributed by atoms with Crippen molar-refractivity contribution in [3.63, 3.8) is 0 Å². The van der Waals surface area contributed by atoms with Crippen LogP contribution in [0.2, 0.25) is 0 Å². The smallest absolute Gasteiger partial charge is 0.207 e. The molecule has 0 aromatic heterocycles. The highest BCUT2D eigenvalue weighted by Gasteiger charge is 2.41. The summed E-state index contributed by atoms with van der Waals surface area (Å²) < 4.78 is 28.6. The van der Waals surface area contributed by atoms with Gasteiger partial charge in [-0.15, -0.1) is 0 Å². The van der Waals surface area contributed by atoms with Gasteiger partial charge in [0.05, 0.1) is 4.90 Å². The zero-order valence-electron chi connectivity index (χ0n) is 13.9. The van der Waals surface area contributed by atoms with Gasteiger partial charge in [0, 0.05) is 6.04 Å². The molecule has 24 heavy (non-hydrogen) atoms. The fourth-order valence-electron chi connectivity index (χ4n) is 4.31. The van der Waals surface area contributed by atoms with E-state index in [9.17, 15) is 8.42 Å². The molecule has 2 aromatic rings. The molecule has 2 bridgehead atoms. The van der Waals surface area contributed by atoms with Crippen LogP contribution >= 0.6 is 0 Å². The van der Waals surface area contributed by atoms with Crippen LogP contribution in [-0.2, 0) is 22.9 Å². The summed E-state index contributed by atoms with van der Waals surface area (Å²) in [5.74, 6) is 0.803. The fourth-order valence-corrected chi connectivity index (χ4v) is 5.68. The number of rotatable bonds is 3. The molecule has 1 saturated carbocycles. The summed E-state index contributed by atoms with van der Waals surface area (Å²) in [7, 11) is -3.46. The number of nitrogens with one attached hydrogen (secondary N) is 1. The Morgan fingerprint density at radius 1 is 0.875 bits per heavy atom. The molecule has 3 atom stereocenters. The van der Waals surface area contributed by atoms with Crippen LogP contribution in [0.1, 0.15) is 29.5 Å². The van der Waals surface area contributed by atoms with E-state index in [1.54, 1.807) is 12.1 Å². The van der Waals surface area contributed by atoms with Gasteiger partial charge in [-0.05, 0) is 67.7 Å². The molecule has 0 radical (unpaired) electrons. The van der Waals surface area contributed by atoms with Gasteiger partial charge in [0.2, 0.25) is 10.0 Å². The first-order valence-electron chi connectivity index (χ1n) is 8.69. The van der Waals surface area contributed by atoms with Gasteiger partial charge < -0.3 is 0 Å². The molecule has 1 fully saturated rings. The molecule has 4 heteroatoms. The molecule has 1 N–H and O–H groups in total. The summed E-state index contributed by atoms with van der Waals surface area (Å²) in [5, 5.41) is 0. The lowest BCUT2D eigenvalue weighted by Gasteiger charge is -2.23. The Bertz CT molecular complexity index is 809. The summed E-state index contributed by atoms with van der Waals surface area (Å²) in [6, 6.07) is 15.7. The molecule has 126 valence electrons. The van der Waals surface area contributed by atoms with Crippen LogP contribution in [0.5, 0.6) is 0 Å². The number of fused-ring (bicyclic) bond motifs is 3. The molecule has 0 amide bonds. The molecule has 2 aliphatic carbocycles. The third-order valence-corrected chi connectivity index (χ3v) is 7.10. The molecule has 0 aliphatic heterocycles. The van der Waals surface area contributed by atoms with Crippen molar-refractivity contribution in [3.05, 3.63) is 65.2 Å². The van der Waals surface area contributed by atoms with E-state index in [1.165, 1.54) is 11.1 Å². The zero-order chi connectivity index (χ0) is 16.7. The Morgan fingerprint density at radius 2 is 1.42 bits per heavy atom. The SMILES string of the molecule is Cc1ccc(S(=O)(=O)NC2[C@@H]3CC[C@H]2Cc2ccccc2C3)cc1. The Balaban J connectivity index is 1.60. The van der Waals surface area contributed by atoms with Crippen molar-refractivity contribution >= 4 is 10.0 Å². The van der Waals surface area contributed by atoms with Gasteiger partial charge >= 0.3 is 0 Å². The largest absolute Gasteiger partial charge is 0.240 e. The predicted molar refractivity (Wildman–Crippen MR) is 95.4 cm³/mol. The lowest BCUT2D eigenvalue weighted by molar-refractivity contribution is 0.386. The molecule has 1 unspecified atom stereocenters. The molecule has 0 heterocycles. The van der Waals surface area contributed by atoms with Crippen LogP contribution < -0.4 is 4.72 Å². The van der Waals surface area contributed by atoms with E-state index in [2.05, 4.69) is 29.0 Å². The minimum absolute atomic E-state index is 0.0451.